The number of hydrogen-bond donors (Lipinski definition) is 1. The number of carbonyl (C=O) groups is 2. The van der Waals surface area contributed by atoms with Crippen molar-refractivity contribution in [1.29, 1.82) is 0 Å². The number of benzene rings is 1. The second-order valence-electron chi connectivity index (χ2n) is 5.51. The molecule has 0 aliphatic carbocycles. The summed E-state index contributed by atoms with van der Waals surface area (Å²) in [5.74, 6) is -1.30. The van der Waals surface area contributed by atoms with Crippen LogP contribution in [0.3, 0.4) is 0 Å². The number of aliphatic carboxylic acids is 1. The quantitative estimate of drug-likeness (QED) is 0.564. The molecule has 0 heterocycles. The third-order valence-corrected chi connectivity index (χ3v) is 3.47. The van der Waals surface area contributed by atoms with Gasteiger partial charge in [0.1, 0.15) is 0 Å². The monoisotopic (exact) mass is 317 g/mol. The molecule has 1 rings (SSSR count). The maximum Gasteiger partial charge on any atom is 1.00 e. The smallest absolute Gasteiger partial charge is 0.550 e. The predicted octanol–water partition coefficient (Wildman–Crippen LogP) is -0.560. The Labute approximate surface area is 152 Å². The Balaban J connectivity index is 0.00000400. The minimum absolute atomic E-state index is 0. The normalized spacial score (nSPS) is 10.6. The molecule has 0 unspecified atom stereocenters. The summed E-state index contributed by atoms with van der Waals surface area (Å²) < 4.78 is 0.148. The molecule has 0 spiro atoms. The van der Waals surface area contributed by atoms with Gasteiger partial charge >= 0.3 is 29.6 Å². The van der Waals surface area contributed by atoms with E-state index in [0.717, 1.165) is 10.6 Å². The van der Waals surface area contributed by atoms with Crippen molar-refractivity contribution in [3.05, 3.63) is 24.3 Å². The summed E-state index contributed by atoms with van der Waals surface area (Å²) in [4.78, 5) is 23.0. The van der Waals surface area contributed by atoms with Gasteiger partial charge in [-0.15, -0.1) is 11.8 Å². The Kier molecular flexibility index (Phi) is 9.29. The third kappa shape index (κ3) is 9.96. The molecule has 1 N–H and O–H groups in total. The number of nitrogens with one attached hydrogen (secondary N) is 1. The van der Waals surface area contributed by atoms with Crippen LogP contribution in [0.25, 0.3) is 0 Å². The molecule has 4 nitrogen and oxygen atoms in total. The Morgan fingerprint density at radius 2 is 1.71 bits per heavy atom. The first kappa shape index (κ1) is 20.5. The zero-order valence-corrected chi connectivity index (χ0v) is 15.9. The molecule has 0 aliphatic heterocycles. The minimum Gasteiger partial charge on any atom is -0.550 e. The molecule has 6 heteroatoms. The van der Waals surface area contributed by atoms with E-state index in [9.17, 15) is 14.7 Å². The fourth-order valence-corrected chi connectivity index (χ4v) is 2.56. The molecular formula is C15H20NNaO3S. The molecule has 0 aliphatic rings. The first-order valence-electron chi connectivity index (χ1n) is 6.55. The van der Waals surface area contributed by atoms with Crippen LogP contribution in [0.5, 0.6) is 0 Å². The Bertz CT molecular complexity index is 469. The summed E-state index contributed by atoms with van der Waals surface area (Å²) >= 11 is 1.76. The average molecular weight is 317 g/mol. The van der Waals surface area contributed by atoms with Crippen molar-refractivity contribution in [1.82, 2.24) is 0 Å². The van der Waals surface area contributed by atoms with Crippen LogP contribution in [0.2, 0.25) is 0 Å². The van der Waals surface area contributed by atoms with Gasteiger partial charge in [-0.05, 0) is 37.1 Å². The second kappa shape index (κ2) is 9.51. The predicted molar refractivity (Wildman–Crippen MR) is 79.5 cm³/mol. The zero-order chi connectivity index (χ0) is 15.2. The van der Waals surface area contributed by atoms with E-state index >= 15 is 0 Å². The number of amides is 1. The number of thioether (sulfide) groups is 1. The average Bonchev–Trinajstić information content (AvgIpc) is 2.29. The van der Waals surface area contributed by atoms with Gasteiger partial charge in [0.2, 0.25) is 5.91 Å². The first-order chi connectivity index (χ1) is 9.26. The fourth-order valence-electron chi connectivity index (χ4n) is 1.58. The Morgan fingerprint density at radius 3 is 2.19 bits per heavy atom. The molecule has 0 fully saturated rings. The van der Waals surface area contributed by atoms with Crippen LogP contribution >= 0.6 is 11.8 Å². The molecule has 0 atom stereocenters. The minimum atomic E-state index is -1.12. The van der Waals surface area contributed by atoms with Gasteiger partial charge < -0.3 is 15.2 Å². The van der Waals surface area contributed by atoms with Crippen molar-refractivity contribution < 1.29 is 44.3 Å². The van der Waals surface area contributed by atoms with Gasteiger partial charge in [-0.1, -0.05) is 20.8 Å². The molecule has 1 amide bonds. The molecule has 110 valence electrons. The standard InChI is InChI=1S/C15H21NO3S.Na/c1-15(2,3)20-12-9-7-11(8-10-12)16-13(17)5-4-6-14(18)19;/h7-10H,4-6H2,1-3H3,(H,16,17)(H,18,19);/q;+1/p-1. The maximum absolute atomic E-state index is 11.6. The summed E-state index contributed by atoms with van der Waals surface area (Å²) in [6.45, 7) is 6.43. The van der Waals surface area contributed by atoms with E-state index in [0.29, 0.717) is 6.42 Å². The van der Waals surface area contributed by atoms with E-state index in [1.807, 2.05) is 24.3 Å². The van der Waals surface area contributed by atoms with Gasteiger partial charge in [-0.2, -0.15) is 0 Å². The largest absolute Gasteiger partial charge is 1.00 e. The number of carboxylic acids is 1. The van der Waals surface area contributed by atoms with Crippen LogP contribution in [0.4, 0.5) is 5.69 Å². The van der Waals surface area contributed by atoms with Crippen LogP contribution in [-0.2, 0) is 9.59 Å². The Hall–Kier alpha value is -0.490. The molecule has 0 aromatic heterocycles. The van der Waals surface area contributed by atoms with E-state index in [4.69, 9.17) is 0 Å². The van der Waals surface area contributed by atoms with E-state index in [2.05, 4.69) is 26.1 Å². The van der Waals surface area contributed by atoms with E-state index in [1.54, 1.807) is 11.8 Å². The van der Waals surface area contributed by atoms with Gasteiger partial charge in [0.05, 0.1) is 0 Å². The van der Waals surface area contributed by atoms with Crippen LogP contribution in [0.1, 0.15) is 40.0 Å². The number of rotatable bonds is 6. The van der Waals surface area contributed by atoms with Gasteiger partial charge in [0, 0.05) is 27.7 Å². The van der Waals surface area contributed by atoms with Crippen LogP contribution in [0.15, 0.2) is 29.2 Å². The summed E-state index contributed by atoms with van der Waals surface area (Å²) in [5, 5.41) is 13.0. The molecule has 0 saturated carbocycles. The molecule has 0 bridgehead atoms. The van der Waals surface area contributed by atoms with E-state index < -0.39 is 5.97 Å². The zero-order valence-electron chi connectivity index (χ0n) is 13.1. The summed E-state index contributed by atoms with van der Waals surface area (Å²) in [6.07, 6.45) is 0.396. The number of hydrogen-bond acceptors (Lipinski definition) is 4. The van der Waals surface area contributed by atoms with Crippen LogP contribution in [-0.4, -0.2) is 16.6 Å². The van der Waals surface area contributed by atoms with Gasteiger partial charge in [0.15, 0.2) is 0 Å². The van der Waals surface area contributed by atoms with Crippen LogP contribution < -0.4 is 40.0 Å². The maximum atomic E-state index is 11.6. The second-order valence-corrected chi connectivity index (χ2v) is 7.41. The first-order valence-corrected chi connectivity index (χ1v) is 7.37. The third-order valence-electron chi connectivity index (χ3n) is 2.35. The van der Waals surface area contributed by atoms with Crippen molar-refractivity contribution in [3.8, 4) is 0 Å². The van der Waals surface area contributed by atoms with Crippen molar-refractivity contribution in [2.24, 2.45) is 0 Å². The Morgan fingerprint density at radius 1 is 1.14 bits per heavy atom. The summed E-state index contributed by atoms with van der Waals surface area (Å²) in [5.41, 5.74) is 0.724. The van der Waals surface area contributed by atoms with Gasteiger partial charge in [-0.3, -0.25) is 4.79 Å². The van der Waals surface area contributed by atoms with Crippen LogP contribution in [0, 0.1) is 0 Å². The molecular weight excluding hydrogens is 297 g/mol. The summed E-state index contributed by atoms with van der Waals surface area (Å²) in [6, 6.07) is 7.63. The van der Waals surface area contributed by atoms with Crippen molar-refractivity contribution in [2.75, 3.05) is 5.32 Å². The molecule has 21 heavy (non-hydrogen) atoms. The number of carboxylic acid groups (broad SMARTS) is 1. The van der Waals surface area contributed by atoms with Crippen molar-refractivity contribution in [2.45, 2.75) is 49.7 Å². The van der Waals surface area contributed by atoms with Crippen molar-refractivity contribution in [3.63, 3.8) is 0 Å². The molecule has 1 aromatic carbocycles. The van der Waals surface area contributed by atoms with E-state index in [1.165, 1.54) is 0 Å². The van der Waals surface area contributed by atoms with Gasteiger partial charge in [-0.25, -0.2) is 0 Å². The molecule has 1 aromatic rings. The van der Waals surface area contributed by atoms with Crippen molar-refractivity contribution >= 4 is 29.3 Å². The number of anilines is 1. The molecule has 0 radical (unpaired) electrons. The SMILES string of the molecule is CC(C)(C)Sc1ccc(NC(=O)CCCC(=O)[O-])cc1.[Na+]. The number of carbonyl (C=O) groups excluding carboxylic acids is 2. The van der Waals surface area contributed by atoms with Gasteiger partial charge in [0.25, 0.3) is 0 Å². The van der Waals surface area contributed by atoms with E-state index in [-0.39, 0.29) is 53.1 Å². The molecule has 0 saturated heterocycles. The fraction of sp³-hybridized carbons (Fsp3) is 0.467. The topological polar surface area (TPSA) is 69.2 Å². The summed E-state index contributed by atoms with van der Waals surface area (Å²) in [7, 11) is 0.